The van der Waals surface area contributed by atoms with Gasteiger partial charge in [-0.2, -0.15) is 0 Å². The molecule has 1 heterocycles. The lowest BCUT2D eigenvalue weighted by Crippen LogP contribution is -2.31. The Labute approximate surface area is 136 Å². The van der Waals surface area contributed by atoms with Crippen molar-refractivity contribution < 1.29 is 4.79 Å². The van der Waals surface area contributed by atoms with Gasteiger partial charge in [-0.05, 0) is 29.5 Å². The number of carbonyl (C=O) groups excluding carboxylic acids is 1. The molecule has 22 heavy (non-hydrogen) atoms. The number of rotatable bonds is 4. The van der Waals surface area contributed by atoms with Gasteiger partial charge in [0.2, 0.25) is 5.91 Å². The fourth-order valence-electron chi connectivity index (χ4n) is 2.92. The van der Waals surface area contributed by atoms with Crippen molar-refractivity contribution in [1.82, 2.24) is 5.32 Å². The molecule has 3 rings (SSSR count). The highest BCUT2D eigenvalue weighted by atomic mass is 32.2. The monoisotopic (exact) mass is 311 g/mol. The molecule has 0 fully saturated rings. The minimum absolute atomic E-state index is 0.142. The van der Waals surface area contributed by atoms with Gasteiger partial charge >= 0.3 is 0 Å². The largest absolute Gasteiger partial charge is 0.349 e. The van der Waals surface area contributed by atoms with E-state index in [1.807, 2.05) is 30.0 Å². The number of hydrogen-bond acceptors (Lipinski definition) is 2. The van der Waals surface area contributed by atoms with Gasteiger partial charge in [-0.3, -0.25) is 4.79 Å². The van der Waals surface area contributed by atoms with Crippen LogP contribution in [0.5, 0.6) is 0 Å². The highest BCUT2D eigenvalue weighted by Gasteiger charge is 2.22. The van der Waals surface area contributed by atoms with E-state index < -0.39 is 0 Å². The van der Waals surface area contributed by atoms with Crippen molar-refractivity contribution in [3.05, 3.63) is 65.7 Å². The molecule has 1 amide bonds. The number of carbonyl (C=O) groups is 1. The Bertz CT molecular complexity index is 641. The number of amides is 1. The van der Waals surface area contributed by atoms with Gasteiger partial charge in [0.25, 0.3) is 0 Å². The van der Waals surface area contributed by atoms with Gasteiger partial charge in [0.15, 0.2) is 0 Å². The van der Waals surface area contributed by atoms with Gasteiger partial charge in [0.05, 0.1) is 6.04 Å². The van der Waals surface area contributed by atoms with Crippen LogP contribution in [0.1, 0.15) is 42.9 Å². The second-order valence-electron chi connectivity index (χ2n) is 5.81. The molecule has 2 aromatic carbocycles. The van der Waals surface area contributed by atoms with Crippen LogP contribution in [0.4, 0.5) is 0 Å². The first-order valence-electron chi connectivity index (χ1n) is 7.80. The predicted molar refractivity (Wildman–Crippen MR) is 92.1 cm³/mol. The summed E-state index contributed by atoms with van der Waals surface area (Å²) in [4.78, 5) is 13.7. The van der Waals surface area contributed by atoms with Crippen molar-refractivity contribution in [3.8, 4) is 0 Å². The fraction of sp³-hybridized carbons (Fsp3) is 0.316. The van der Waals surface area contributed by atoms with E-state index >= 15 is 0 Å². The number of fused-ring (bicyclic) bond motifs is 1. The predicted octanol–water partition coefficient (Wildman–Crippen LogP) is 4.53. The normalized spacial score (nSPS) is 18.3. The summed E-state index contributed by atoms with van der Waals surface area (Å²) in [6.07, 6.45) is 1.54. The highest BCUT2D eigenvalue weighted by Crippen LogP contribution is 2.36. The van der Waals surface area contributed by atoms with Crippen molar-refractivity contribution >= 4 is 17.7 Å². The van der Waals surface area contributed by atoms with Crippen LogP contribution < -0.4 is 5.32 Å². The minimum Gasteiger partial charge on any atom is -0.349 e. The van der Waals surface area contributed by atoms with E-state index in [2.05, 4.69) is 48.6 Å². The van der Waals surface area contributed by atoms with Gasteiger partial charge < -0.3 is 5.32 Å². The van der Waals surface area contributed by atoms with E-state index in [9.17, 15) is 4.79 Å². The molecule has 0 aliphatic carbocycles. The van der Waals surface area contributed by atoms with E-state index in [4.69, 9.17) is 0 Å². The lowest BCUT2D eigenvalue weighted by atomic mass is 9.97. The van der Waals surface area contributed by atoms with Crippen molar-refractivity contribution in [1.29, 1.82) is 0 Å². The van der Waals surface area contributed by atoms with E-state index in [1.54, 1.807) is 0 Å². The van der Waals surface area contributed by atoms with Crippen LogP contribution in [0.15, 0.2) is 59.5 Å². The first-order chi connectivity index (χ1) is 10.7. The molecule has 0 aromatic heterocycles. The van der Waals surface area contributed by atoms with E-state index in [0.29, 0.717) is 6.42 Å². The smallest absolute Gasteiger partial charge is 0.221 e. The summed E-state index contributed by atoms with van der Waals surface area (Å²) in [5.74, 6) is 1.45. The Morgan fingerprint density at radius 1 is 1.18 bits per heavy atom. The molecule has 2 atom stereocenters. The second kappa shape index (κ2) is 7.01. The molecular weight excluding hydrogens is 290 g/mol. The van der Waals surface area contributed by atoms with Crippen molar-refractivity contribution in [2.45, 2.75) is 36.6 Å². The summed E-state index contributed by atoms with van der Waals surface area (Å²) in [7, 11) is 0. The van der Waals surface area contributed by atoms with Crippen LogP contribution in [0.3, 0.4) is 0 Å². The maximum absolute atomic E-state index is 12.4. The van der Waals surface area contributed by atoms with Crippen LogP contribution in [-0.2, 0) is 4.79 Å². The standard InChI is InChI=1S/C19H21NOS/c1-14(15-7-3-2-4-8-15)13-19(21)20-17-11-12-22-18-10-6-5-9-16(17)18/h2-10,14,17H,11-13H2,1H3,(H,20,21)/t14-,17+/m1/s1. The average Bonchev–Trinajstić information content (AvgIpc) is 2.56. The van der Waals surface area contributed by atoms with Crippen LogP contribution in [0.2, 0.25) is 0 Å². The van der Waals surface area contributed by atoms with Crippen molar-refractivity contribution in [3.63, 3.8) is 0 Å². The summed E-state index contributed by atoms with van der Waals surface area (Å²) in [6.45, 7) is 2.11. The molecule has 1 aliphatic rings. The molecule has 0 unspecified atom stereocenters. The zero-order chi connectivity index (χ0) is 15.4. The third-order valence-electron chi connectivity index (χ3n) is 4.15. The Morgan fingerprint density at radius 2 is 1.91 bits per heavy atom. The lowest BCUT2D eigenvalue weighted by molar-refractivity contribution is -0.122. The topological polar surface area (TPSA) is 29.1 Å². The summed E-state index contributed by atoms with van der Waals surface area (Å²) in [5.41, 5.74) is 2.48. The van der Waals surface area contributed by atoms with Crippen LogP contribution in [-0.4, -0.2) is 11.7 Å². The highest BCUT2D eigenvalue weighted by molar-refractivity contribution is 7.99. The summed E-state index contributed by atoms with van der Waals surface area (Å²) in [5, 5.41) is 3.22. The SMILES string of the molecule is C[C@H](CC(=O)N[C@H]1CCSc2ccccc21)c1ccccc1. The first kappa shape index (κ1) is 15.2. The fourth-order valence-corrected chi connectivity index (χ4v) is 4.05. The van der Waals surface area contributed by atoms with E-state index in [-0.39, 0.29) is 17.9 Å². The van der Waals surface area contributed by atoms with Crippen LogP contribution >= 0.6 is 11.8 Å². The molecule has 0 saturated carbocycles. The number of hydrogen-bond donors (Lipinski definition) is 1. The van der Waals surface area contributed by atoms with Gasteiger partial charge in [-0.25, -0.2) is 0 Å². The van der Waals surface area contributed by atoms with E-state index in [1.165, 1.54) is 16.0 Å². The molecule has 0 saturated heterocycles. The Hall–Kier alpha value is -1.74. The molecular formula is C19H21NOS. The van der Waals surface area contributed by atoms with Crippen molar-refractivity contribution in [2.24, 2.45) is 0 Å². The van der Waals surface area contributed by atoms with Gasteiger partial charge in [-0.1, -0.05) is 55.5 Å². The van der Waals surface area contributed by atoms with Crippen LogP contribution in [0, 0.1) is 0 Å². The number of benzene rings is 2. The third-order valence-corrected chi connectivity index (χ3v) is 5.28. The van der Waals surface area contributed by atoms with Gasteiger partial charge in [0.1, 0.15) is 0 Å². The van der Waals surface area contributed by atoms with Gasteiger partial charge in [-0.15, -0.1) is 11.8 Å². The third kappa shape index (κ3) is 3.53. The molecule has 2 nitrogen and oxygen atoms in total. The lowest BCUT2D eigenvalue weighted by Gasteiger charge is -2.26. The molecule has 0 spiro atoms. The second-order valence-corrected chi connectivity index (χ2v) is 6.95. The van der Waals surface area contributed by atoms with Crippen molar-refractivity contribution in [2.75, 3.05) is 5.75 Å². The summed E-state index contributed by atoms with van der Waals surface area (Å²) >= 11 is 1.88. The summed E-state index contributed by atoms with van der Waals surface area (Å²) in [6, 6.07) is 18.8. The molecule has 2 aromatic rings. The van der Waals surface area contributed by atoms with Gasteiger partial charge in [0, 0.05) is 17.1 Å². The quantitative estimate of drug-likeness (QED) is 0.898. The molecule has 1 aliphatic heterocycles. The number of thioether (sulfide) groups is 1. The van der Waals surface area contributed by atoms with E-state index in [0.717, 1.165) is 12.2 Å². The Balaban J connectivity index is 1.63. The first-order valence-corrected chi connectivity index (χ1v) is 8.78. The molecule has 1 N–H and O–H groups in total. The van der Waals surface area contributed by atoms with Crippen LogP contribution in [0.25, 0.3) is 0 Å². The molecule has 3 heteroatoms. The molecule has 114 valence electrons. The Kier molecular flexibility index (Phi) is 4.84. The molecule has 0 radical (unpaired) electrons. The average molecular weight is 311 g/mol. The maximum atomic E-state index is 12.4. The Morgan fingerprint density at radius 3 is 2.73 bits per heavy atom. The summed E-state index contributed by atoms with van der Waals surface area (Å²) < 4.78 is 0. The minimum atomic E-state index is 0.142. The zero-order valence-electron chi connectivity index (χ0n) is 12.8. The zero-order valence-corrected chi connectivity index (χ0v) is 13.6. The number of nitrogens with one attached hydrogen (secondary N) is 1. The maximum Gasteiger partial charge on any atom is 0.221 e. The molecule has 0 bridgehead atoms.